The van der Waals surface area contributed by atoms with Crippen molar-refractivity contribution < 1.29 is 4.79 Å². The number of hydrogen-bond donors (Lipinski definition) is 2. The summed E-state index contributed by atoms with van der Waals surface area (Å²) in [5, 5.41) is 3.29. The largest absolute Gasteiger partial charge is 0.355 e. The van der Waals surface area contributed by atoms with Crippen molar-refractivity contribution in [2.45, 2.75) is 32.9 Å². The van der Waals surface area contributed by atoms with Crippen molar-refractivity contribution in [3.63, 3.8) is 0 Å². The van der Waals surface area contributed by atoms with Crippen molar-refractivity contribution in [3.05, 3.63) is 45.1 Å². The summed E-state index contributed by atoms with van der Waals surface area (Å²) in [5.74, 6) is -0.116. The van der Waals surface area contributed by atoms with Crippen LogP contribution in [0.3, 0.4) is 0 Å². The topological polar surface area (TPSA) is 87.2 Å². The minimum atomic E-state index is -0.494. The summed E-state index contributed by atoms with van der Waals surface area (Å²) in [6, 6.07) is 7.30. The molecule has 0 saturated carbocycles. The van der Waals surface area contributed by atoms with E-state index in [1.807, 2.05) is 7.05 Å². The molecule has 0 bridgehead atoms. The molecule has 2 aromatic rings. The van der Waals surface area contributed by atoms with Gasteiger partial charge in [0, 0.05) is 32.1 Å². The van der Waals surface area contributed by atoms with E-state index in [0.717, 1.165) is 6.54 Å². The molecule has 2 rings (SSSR count). The highest BCUT2D eigenvalue weighted by molar-refractivity contribution is 5.78. The molecular weight excluding hydrogens is 308 g/mol. The van der Waals surface area contributed by atoms with Crippen LogP contribution in [0.2, 0.25) is 0 Å². The minimum absolute atomic E-state index is 0.116. The Labute approximate surface area is 140 Å². The van der Waals surface area contributed by atoms with Gasteiger partial charge in [0.05, 0.1) is 10.9 Å². The van der Waals surface area contributed by atoms with Gasteiger partial charge in [-0.2, -0.15) is 0 Å². The molecule has 0 radical (unpaired) electrons. The summed E-state index contributed by atoms with van der Waals surface area (Å²) in [6.45, 7) is 5.74. The van der Waals surface area contributed by atoms with Crippen LogP contribution < -0.4 is 16.6 Å². The standard InChI is InChI=1S/C17H24N4O3/c1-12(2)20(3)11-9-18-15(22)8-10-21-14-7-5-4-6-13(14)16(23)19-17(21)24/h4-7,12H,8-11H2,1-3H3,(H,18,22)(H,19,23,24). The molecule has 0 aliphatic rings. The summed E-state index contributed by atoms with van der Waals surface area (Å²) in [4.78, 5) is 40.2. The van der Waals surface area contributed by atoms with Crippen molar-refractivity contribution >= 4 is 16.8 Å². The first-order valence-corrected chi connectivity index (χ1v) is 8.09. The number of aromatic nitrogens is 2. The van der Waals surface area contributed by atoms with E-state index in [1.165, 1.54) is 4.57 Å². The SMILES string of the molecule is CC(C)N(C)CCNC(=O)CCn1c(=O)[nH]c(=O)c2ccccc21. The molecule has 0 saturated heterocycles. The van der Waals surface area contributed by atoms with Crippen molar-refractivity contribution in [2.75, 3.05) is 20.1 Å². The monoisotopic (exact) mass is 332 g/mol. The van der Waals surface area contributed by atoms with Crippen LogP contribution in [0.25, 0.3) is 10.9 Å². The summed E-state index contributed by atoms with van der Waals surface area (Å²) in [7, 11) is 2.00. The minimum Gasteiger partial charge on any atom is -0.355 e. The third-order valence-corrected chi connectivity index (χ3v) is 4.14. The zero-order chi connectivity index (χ0) is 17.7. The number of para-hydroxylation sites is 1. The molecule has 0 fully saturated rings. The van der Waals surface area contributed by atoms with E-state index in [1.54, 1.807) is 24.3 Å². The first kappa shape index (κ1) is 17.9. The third kappa shape index (κ3) is 4.32. The Balaban J connectivity index is 2.00. The highest BCUT2D eigenvalue weighted by Gasteiger charge is 2.09. The van der Waals surface area contributed by atoms with E-state index in [4.69, 9.17) is 0 Å². The molecular formula is C17H24N4O3. The smallest absolute Gasteiger partial charge is 0.328 e. The van der Waals surface area contributed by atoms with E-state index in [0.29, 0.717) is 23.5 Å². The molecule has 7 nitrogen and oxygen atoms in total. The van der Waals surface area contributed by atoms with Crippen molar-refractivity contribution in [3.8, 4) is 0 Å². The van der Waals surface area contributed by atoms with Crippen molar-refractivity contribution in [1.29, 1.82) is 0 Å². The van der Waals surface area contributed by atoms with Crippen LogP contribution in [0.4, 0.5) is 0 Å². The Morgan fingerprint density at radius 3 is 2.71 bits per heavy atom. The fraction of sp³-hybridized carbons (Fsp3) is 0.471. The Hall–Kier alpha value is -2.41. The second kappa shape index (κ2) is 7.92. The van der Waals surface area contributed by atoms with Crippen LogP contribution in [0.15, 0.2) is 33.9 Å². The normalized spacial score (nSPS) is 11.4. The fourth-order valence-corrected chi connectivity index (χ4v) is 2.40. The zero-order valence-electron chi connectivity index (χ0n) is 14.3. The number of nitrogens with one attached hydrogen (secondary N) is 2. The van der Waals surface area contributed by atoms with Gasteiger partial charge in [-0.3, -0.25) is 19.1 Å². The van der Waals surface area contributed by atoms with Gasteiger partial charge in [0.1, 0.15) is 0 Å². The second-order valence-corrected chi connectivity index (χ2v) is 6.10. The average molecular weight is 332 g/mol. The number of hydrogen-bond acceptors (Lipinski definition) is 4. The van der Waals surface area contributed by atoms with Gasteiger partial charge in [-0.1, -0.05) is 12.1 Å². The number of aryl methyl sites for hydroxylation is 1. The number of likely N-dealkylation sites (N-methyl/N-ethyl adjacent to an activating group) is 1. The predicted octanol–water partition coefficient (Wildman–Crippen LogP) is 0.536. The summed E-state index contributed by atoms with van der Waals surface area (Å²) < 4.78 is 1.43. The quantitative estimate of drug-likeness (QED) is 0.774. The Kier molecular flexibility index (Phi) is 5.92. The molecule has 7 heteroatoms. The van der Waals surface area contributed by atoms with Gasteiger partial charge < -0.3 is 10.2 Å². The number of benzene rings is 1. The number of carbonyl (C=O) groups is 1. The number of nitrogens with zero attached hydrogens (tertiary/aromatic N) is 2. The number of aromatic amines is 1. The number of rotatable bonds is 7. The highest BCUT2D eigenvalue weighted by Crippen LogP contribution is 2.06. The van der Waals surface area contributed by atoms with Crippen LogP contribution in [-0.4, -0.2) is 46.5 Å². The number of H-pyrrole nitrogens is 1. The maximum atomic E-state index is 12.0. The average Bonchev–Trinajstić information content (AvgIpc) is 2.54. The van der Waals surface area contributed by atoms with Gasteiger partial charge in [-0.25, -0.2) is 4.79 Å². The van der Waals surface area contributed by atoms with Gasteiger partial charge >= 0.3 is 5.69 Å². The molecule has 0 atom stereocenters. The lowest BCUT2D eigenvalue weighted by molar-refractivity contribution is -0.121. The number of amides is 1. The van der Waals surface area contributed by atoms with E-state index >= 15 is 0 Å². The molecule has 0 aliphatic carbocycles. The summed E-state index contributed by atoms with van der Waals surface area (Å²) in [6.07, 6.45) is 0.182. The maximum absolute atomic E-state index is 12.0. The Morgan fingerprint density at radius 2 is 2.00 bits per heavy atom. The van der Waals surface area contributed by atoms with Gasteiger partial charge in [-0.15, -0.1) is 0 Å². The number of fused-ring (bicyclic) bond motifs is 1. The molecule has 0 aliphatic heterocycles. The molecule has 130 valence electrons. The second-order valence-electron chi connectivity index (χ2n) is 6.10. The van der Waals surface area contributed by atoms with Crippen LogP contribution in [0, 0.1) is 0 Å². The molecule has 2 N–H and O–H groups in total. The van der Waals surface area contributed by atoms with Gasteiger partial charge in [0.2, 0.25) is 5.91 Å². The number of carbonyl (C=O) groups excluding carboxylic acids is 1. The first-order valence-electron chi connectivity index (χ1n) is 8.09. The van der Waals surface area contributed by atoms with Crippen LogP contribution >= 0.6 is 0 Å². The molecule has 0 spiro atoms. The Morgan fingerprint density at radius 1 is 1.29 bits per heavy atom. The van der Waals surface area contributed by atoms with Crippen LogP contribution in [-0.2, 0) is 11.3 Å². The summed E-state index contributed by atoms with van der Waals surface area (Å²) in [5.41, 5.74) is -0.363. The molecule has 1 amide bonds. The molecule has 24 heavy (non-hydrogen) atoms. The van der Waals surface area contributed by atoms with E-state index in [2.05, 4.69) is 29.0 Å². The van der Waals surface area contributed by atoms with Gasteiger partial charge in [0.25, 0.3) is 5.56 Å². The lowest BCUT2D eigenvalue weighted by atomic mass is 10.2. The molecule has 0 unspecified atom stereocenters. The maximum Gasteiger partial charge on any atom is 0.328 e. The first-order chi connectivity index (χ1) is 11.4. The van der Waals surface area contributed by atoms with E-state index in [-0.39, 0.29) is 18.9 Å². The van der Waals surface area contributed by atoms with Crippen molar-refractivity contribution in [2.24, 2.45) is 0 Å². The van der Waals surface area contributed by atoms with E-state index in [9.17, 15) is 14.4 Å². The zero-order valence-corrected chi connectivity index (χ0v) is 14.3. The van der Waals surface area contributed by atoms with Crippen LogP contribution in [0.5, 0.6) is 0 Å². The molecule has 1 heterocycles. The van der Waals surface area contributed by atoms with Gasteiger partial charge in [-0.05, 0) is 33.0 Å². The molecule has 1 aromatic carbocycles. The third-order valence-electron chi connectivity index (χ3n) is 4.14. The molecule has 1 aromatic heterocycles. The Bertz CT molecular complexity index is 822. The highest BCUT2D eigenvalue weighted by atomic mass is 16.2. The lowest BCUT2D eigenvalue weighted by Crippen LogP contribution is -2.37. The lowest BCUT2D eigenvalue weighted by Gasteiger charge is -2.20. The fourth-order valence-electron chi connectivity index (χ4n) is 2.40. The van der Waals surface area contributed by atoms with E-state index < -0.39 is 11.2 Å². The van der Waals surface area contributed by atoms with Gasteiger partial charge in [0.15, 0.2) is 0 Å². The summed E-state index contributed by atoms with van der Waals surface area (Å²) >= 11 is 0. The van der Waals surface area contributed by atoms with Crippen LogP contribution in [0.1, 0.15) is 20.3 Å². The van der Waals surface area contributed by atoms with Crippen molar-refractivity contribution in [1.82, 2.24) is 19.8 Å². The predicted molar refractivity (Wildman–Crippen MR) is 94.2 cm³/mol.